The zero-order valence-corrected chi connectivity index (χ0v) is 17.7. The summed E-state index contributed by atoms with van der Waals surface area (Å²) in [6.07, 6.45) is 1.50. The first kappa shape index (κ1) is 20.6. The van der Waals surface area contributed by atoms with Crippen LogP contribution in [0.1, 0.15) is 10.4 Å². The Labute approximate surface area is 187 Å². The van der Waals surface area contributed by atoms with Crippen LogP contribution >= 0.6 is 0 Å². The lowest BCUT2D eigenvalue weighted by Crippen LogP contribution is -2.14. The normalized spacial score (nSPS) is 11.5. The molecule has 10 heteroatoms. The maximum Gasteiger partial charge on any atom is 0.259 e. The molecule has 0 saturated carbocycles. The van der Waals surface area contributed by atoms with Gasteiger partial charge in [-0.25, -0.2) is 18.5 Å². The molecule has 164 valence electrons. The number of primary sulfonamides is 1. The fourth-order valence-electron chi connectivity index (χ4n) is 3.40. The van der Waals surface area contributed by atoms with E-state index in [-0.39, 0.29) is 16.2 Å². The molecule has 0 spiro atoms. The molecular weight excluding hydrogens is 444 g/mol. The maximum atomic E-state index is 13.3. The number of sulfonamides is 1. The highest BCUT2D eigenvalue weighted by Crippen LogP contribution is 2.33. The zero-order valence-electron chi connectivity index (χ0n) is 16.9. The third-order valence-corrected chi connectivity index (χ3v) is 5.88. The number of amides is 1. The Morgan fingerprint density at radius 2 is 1.73 bits per heavy atom. The van der Waals surface area contributed by atoms with Gasteiger partial charge in [-0.05, 0) is 42.5 Å². The average molecular weight is 460 g/mol. The lowest BCUT2D eigenvalue weighted by molar-refractivity contribution is 0.102. The first-order valence-electron chi connectivity index (χ1n) is 9.74. The van der Waals surface area contributed by atoms with Crippen molar-refractivity contribution in [2.24, 2.45) is 5.14 Å². The molecule has 0 aliphatic rings. The number of pyridine rings is 1. The second kappa shape index (κ2) is 8.01. The van der Waals surface area contributed by atoms with E-state index in [4.69, 9.17) is 14.1 Å². The van der Waals surface area contributed by atoms with Gasteiger partial charge in [0.25, 0.3) is 11.6 Å². The van der Waals surface area contributed by atoms with Crippen molar-refractivity contribution in [3.63, 3.8) is 0 Å². The number of furan rings is 1. The minimum absolute atomic E-state index is 0.0581. The van der Waals surface area contributed by atoms with Gasteiger partial charge < -0.3 is 14.3 Å². The van der Waals surface area contributed by atoms with Crippen molar-refractivity contribution in [1.29, 1.82) is 0 Å². The second-order valence-electron chi connectivity index (χ2n) is 7.13. The van der Waals surface area contributed by atoms with E-state index in [0.29, 0.717) is 28.2 Å². The van der Waals surface area contributed by atoms with Gasteiger partial charge in [0.2, 0.25) is 10.0 Å². The lowest BCUT2D eigenvalue weighted by atomic mass is 10.0. The monoisotopic (exact) mass is 460 g/mol. The molecule has 0 atom stereocenters. The molecule has 0 bridgehead atoms. The van der Waals surface area contributed by atoms with Gasteiger partial charge in [0.1, 0.15) is 11.4 Å². The van der Waals surface area contributed by atoms with Crippen molar-refractivity contribution >= 4 is 32.7 Å². The third-order valence-electron chi connectivity index (χ3n) is 4.95. The van der Waals surface area contributed by atoms with Crippen LogP contribution in [0, 0.1) is 0 Å². The fraction of sp³-hybridized carbons (Fsp3) is 0. The summed E-state index contributed by atoms with van der Waals surface area (Å²) >= 11 is 0. The summed E-state index contributed by atoms with van der Waals surface area (Å²) in [6, 6.07) is 19.9. The lowest BCUT2D eigenvalue weighted by Gasteiger charge is -2.09. The summed E-state index contributed by atoms with van der Waals surface area (Å²) in [6.45, 7) is 0. The molecule has 0 unspecified atom stereocenters. The number of rotatable bonds is 5. The molecule has 3 N–H and O–H groups in total. The standard InChI is InChI=1S/C23H16N4O5S/c24-33(29,30)16-10-8-15(9-11-16)25-22(28)17-13-18(19-7-4-12-31-19)26-23-20(17)21(27-32-23)14-5-2-1-3-6-14/h1-13H,(H,25,28)(H2,24,29,30). The second-order valence-corrected chi connectivity index (χ2v) is 8.69. The molecule has 9 nitrogen and oxygen atoms in total. The molecule has 0 saturated heterocycles. The number of hydrogen-bond acceptors (Lipinski definition) is 7. The average Bonchev–Trinajstić information content (AvgIpc) is 3.49. The van der Waals surface area contributed by atoms with Gasteiger partial charge in [-0.1, -0.05) is 35.5 Å². The van der Waals surface area contributed by atoms with Crippen molar-refractivity contribution < 1.29 is 22.2 Å². The summed E-state index contributed by atoms with van der Waals surface area (Å²) in [5.74, 6) is 0.0000549. The van der Waals surface area contributed by atoms with Crippen LogP contribution in [0.5, 0.6) is 0 Å². The molecule has 3 heterocycles. The third kappa shape index (κ3) is 4.00. The van der Waals surface area contributed by atoms with Crippen molar-refractivity contribution in [1.82, 2.24) is 10.1 Å². The SMILES string of the molecule is NS(=O)(=O)c1ccc(NC(=O)c2cc(-c3ccco3)nc3onc(-c4ccccc4)c23)cc1. The van der Waals surface area contributed by atoms with Crippen LogP contribution in [0.4, 0.5) is 5.69 Å². The number of anilines is 1. The topological polar surface area (TPSA) is 141 Å². The molecule has 0 fully saturated rings. The van der Waals surface area contributed by atoms with E-state index in [1.807, 2.05) is 30.3 Å². The molecule has 1 amide bonds. The van der Waals surface area contributed by atoms with Crippen LogP contribution < -0.4 is 10.5 Å². The van der Waals surface area contributed by atoms with Crippen LogP contribution in [-0.4, -0.2) is 24.5 Å². The molecule has 2 aromatic carbocycles. The number of nitrogens with zero attached hydrogens (tertiary/aromatic N) is 2. The minimum atomic E-state index is -3.84. The van der Waals surface area contributed by atoms with Crippen LogP contribution in [-0.2, 0) is 10.0 Å². The molecule has 0 radical (unpaired) electrons. The smallest absolute Gasteiger partial charge is 0.259 e. The summed E-state index contributed by atoms with van der Waals surface area (Å²) in [5.41, 5.74) is 2.46. The van der Waals surface area contributed by atoms with Crippen LogP contribution in [0.15, 0.2) is 92.9 Å². The van der Waals surface area contributed by atoms with E-state index in [9.17, 15) is 13.2 Å². The molecule has 3 aromatic heterocycles. The van der Waals surface area contributed by atoms with Crippen molar-refractivity contribution in [2.45, 2.75) is 4.90 Å². The van der Waals surface area contributed by atoms with Crippen molar-refractivity contribution in [2.75, 3.05) is 5.32 Å². The van der Waals surface area contributed by atoms with E-state index in [1.165, 1.54) is 30.5 Å². The molecule has 5 rings (SSSR count). The van der Waals surface area contributed by atoms with Gasteiger partial charge in [-0.15, -0.1) is 0 Å². The predicted octanol–water partition coefficient (Wildman–Crippen LogP) is 4.05. The Hall–Kier alpha value is -4.28. The first-order valence-corrected chi connectivity index (χ1v) is 11.3. The number of aromatic nitrogens is 2. The highest BCUT2D eigenvalue weighted by molar-refractivity contribution is 7.89. The van der Waals surface area contributed by atoms with Gasteiger partial charge >= 0.3 is 0 Å². The molecule has 33 heavy (non-hydrogen) atoms. The Balaban J connectivity index is 1.61. The van der Waals surface area contributed by atoms with Crippen molar-refractivity contribution in [3.8, 4) is 22.7 Å². The van der Waals surface area contributed by atoms with Crippen LogP contribution in [0.25, 0.3) is 33.8 Å². The predicted molar refractivity (Wildman–Crippen MR) is 121 cm³/mol. The van der Waals surface area contributed by atoms with Gasteiger partial charge in [-0.2, -0.15) is 0 Å². The summed E-state index contributed by atoms with van der Waals surface area (Å²) in [4.78, 5) is 17.7. The Kier molecular flexibility index (Phi) is 5.00. The number of nitrogens with two attached hydrogens (primary N) is 1. The largest absolute Gasteiger partial charge is 0.463 e. The summed E-state index contributed by atoms with van der Waals surface area (Å²) in [7, 11) is -3.84. The zero-order chi connectivity index (χ0) is 23.0. The number of nitrogens with one attached hydrogen (secondary N) is 1. The molecule has 0 aliphatic carbocycles. The number of hydrogen-bond donors (Lipinski definition) is 2. The van der Waals surface area contributed by atoms with Crippen LogP contribution in [0.3, 0.4) is 0 Å². The number of carbonyl (C=O) groups excluding carboxylic acids is 1. The Bertz CT molecular complexity index is 1560. The van der Waals surface area contributed by atoms with E-state index in [2.05, 4.69) is 15.5 Å². The Morgan fingerprint density at radius 3 is 2.39 bits per heavy atom. The summed E-state index contributed by atoms with van der Waals surface area (Å²) < 4.78 is 33.9. The maximum absolute atomic E-state index is 13.3. The minimum Gasteiger partial charge on any atom is -0.463 e. The van der Waals surface area contributed by atoms with Gasteiger partial charge in [0, 0.05) is 11.3 Å². The highest BCUT2D eigenvalue weighted by Gasteiger charge is 2.23. The van der Waals surface area contributed by atoms with E-state index >= 15 is 0 Å². The van der Waals surface area contributed by atoms with Gasteiger partial charge in [0.15, 0.2) is 5.76 Å². The highest BCUT2D eigenvalue weighted by atomic mass is 32.2. The first-order chi connectivity index (χ1) is 15.9. The van der Waals surface area contributed by atoms with Gasteiger partial charge in [-0.3, -0.25) is 4.79 Å². The quantitative estimate of drug-likeness (QED) is 0.403. The van der Waals surface area contributed by atoms with Crippen molar-refractivity contribution in [3.05, 3.63) is 84.6 Å². The number of fused-ring (bicyclic) bond motifs is 1. The Morgan fingerprint density at radius 1 is 0.970 bits per heavy atom. The van der Waals surface area contributed by atoms with E-state index < -0.39 is 15.9 Å². The fourth-order valence-corrected chi connectivity index (χ4v) is 3.92. The molecule has 5 aromatic rings. The molecular formula is C23H16N4O5S. The van der Waals surface area contributed by atoms with E-state index in [0.717, 1.165) is 5.56 Å². The number of carbonyl (C=O) groups is 1. The molecule has 0 aliphatic heterocycles. The van der Waals surface area contributed by atoms with Crippen LogP contribution in [0.2, 0.25) is 0 Å². The number of benzene rings is 2. The summed E-state index contributed by atoms with van der Waals surface area (Å²) in [5, 5.41) is 12.5. The van der Waals surface area contributed by atoms with E-state index in [1.54, 1.807) is 18.2 Å². The van der Waals surface area contributed by atoms with Gasteiger partial charge in [0.05, 0.1) is 22.1 Å².